The van der Waals surface area contributed by atoms with Crippen LogP contribution in [0, 0.1) is 5.82 Å². The lowest BCUT2D eigenvalue weighted by Gasteiger charge is -2.28. The number of benzene rings is 3. The molecule has 6 nitrogen and oxygen atoms in total. The number of hydrogen-bond acceptors (Lipinski definition) is 5. The summed E-state index contributed by atoms with van der Waals surface area (Å²) in [5, 5.41) is 3.60. The van der Waals surface area contributed by atoms with Gasteiger partial charge in [-0.1, -0.05) is 36.4 Å². The Kier molecular flexibility index (Phi) is 8.48. The summed E-state index contributed by atoms with van der Waals surface area (Å²) in [5.41, 5.74) is 5.74. The standard InChI is InChI=1S/C32H33FN4O2/c1-39-31-15-11-27(21-35-31)26-10-14-30-28(20-26)23-37(32(38)25-8-12-29(33)13-9-25)19-18-36(17-5-16-34-30)22-24-6-3-2-4-7-24/h2-4,6-15,20-21,34H,5,16-19,22-23H2,1H3. The van der Waals surface area contributed by atoms with Gasteiger partial charge in [0.1, 0.15) is 5.82 Å². The van der Waals surface area contributed by atoms with E-state index in [4.69, 9.17) is 4.74 Å². The molecule has 200 valence electrons. The van der Waals surface area contributed by atoms with Crippen molar-refractivity contribution in [2.24, 2.45) is 0 Å². The highest BCUT2D eigenvalue weighted by Crippen LogP contribution is 2.28. The van der Waals surface area contributed by atoms with Crippen LogP contribution in [-0.4, -0.2) is 54.0 Å². The van der Waals surface area contributed by atoms with Gasteiger partial charge >= 0.3 is 0 Å². The Hall–Kier alpha value is -4.23. The van der Waals surface area contributed by atoms with Crippen LogP contribution in [0.5, 0.6) is 5.88 Å². The number of carbonyl (C=O) groups excluding carboxylic acids is 1. The largest absolute Gasteiger partial charge is 0.481 e. The van der Waals surface area contributed by atoms with Gasteiger partial charge in [-0.2, -0.15) is 0 Å². The number of methoxy groups -OCH3 is 1. The predicted molar refractivity (Wildman–Crippen MR) is 152 cm³/mol. The van der Waals surface area contributed by atoms with Crippen molar-refractivity contribution in [3.05, 3.63) is 114 Å². The van der Waals surface area contributed by atoms with Crippen LogP contribution in [0.15, 0.2) is 91.1 Å². The van der Waals surface area contributed by atoms with Crippen molar-refractivity contribution in [1.82, 2.24) is 14.8 Å². The lowest BCUT2D eigenvalue weighted by atomic mass is 10.0. The third kappa shape index (κ3) is 6.81. The fourth-order valence-corrected chi connectivity index (χ4v) is 4.88. The van der Waals surface area contributed by atoms with Crippen LogP contribution in [0.1, 0.15) is 27.9 Å². The molecule has 0 atom stereocenters. The second-order valence-electron chi connectivity index (χ2n) is 9.74. The minimum atomic E-state index is -0.356. The molecule has 1 amide bonds. The zero-order valence-electron chi connectivity index (χ0n) is 22.1. The molecule has 1 aromatic heterocycles. The monoisotopic (exact) mass is 524 g/mol. The smallest absolute Gasteiger partial charge is 0.254 e. The number of halogens is 1. The third-order valence-electron chi connectivity index (χ3n) is 7.03. The maximum atomic E-state index is 13.7. The van der Waals surface area contributed by atoms with Gasteiger partial charge in [-0.25, -0.2) is 9.37 Å². The number of hydrogen-bond donors (Lipinski definition) is 1. The summed E-state index contributed by atoms with van der Waals surface area (Å²) >= 11 is 0. The lowest BCUT2D eigenvalue weighted by molar-refractivity contribution is 0.0720. The number of fused-ring (bicyclic) bond motifs is 1. The van der Waals surface area contributed by atoms with Crippen LogP contribution >= 0.6 is 0 Å². The summed E-state index contributed by atoms with van der Waals surface area (Å²) in [6, 6.07) is 26.3. The third-order valence-corrected chi connectivity index (χ3v) is 7.03. The van der Waals surface area contributed by atoms with Crippen molar-refractivity contribution < 1.29 is 13.9 Å². The molecule has 1 aliphatic heterocycles. The highest BCUT2D eigenvalue weighted by atomic mass is 19.1. The van der Waals surface area contributed by atoms with Crippen LogP contribution < -0.4 is 10.1 Å². The fourth-order valence-electron chi connectivity index (χ4n) is 4.88. The van der Waals surface area contributed by atoms with Crippen LogP contribution in [0.2, 0.25) is 0 Å². The van der Waals surface area contributed by atoms with Gasteiger partial charge in [0.05, 0.1) is 7.11 Å². The first-order chi connectivity index (χ1) is 19.1. The van der Waals surface area contributed by atoms with Crippen LogP contribution in [0.3, 0.4) is 0 Å². The fraction of sp³-hybridized carbons (Fsp3) is 0.250. The molecular weight excluding hydrogens is 491 g/mol. The zero-order chi connectivity index (χ0) is 27.0. The molecule has 0 unspecified atom stereocenters. The minimum absolute atomic E-state index is 0.114. The Bertz CT molecular complexity index is 1380. The predicted octanol–water partition coefficient (Wildman–Crippen LogP) is 5.86. The zero-order valence-corrected chi connectivity index (χ0v) is 22.1. The Labute approximate surface area is 229 Å². The molecule has 0 radical (unpaired) electrons. The van der Waals surface area contributed by atoms with Crippen LogP contribution in [-0.2, 0) is 13.1 Å². The number of aromatic nitrogens is 1. The molecule has 5 rings (SSSR count). The van der Waals surface area contributed by atoms with Crippen LogP contribution in [0.4, 0.5) is 10.1 Å². The Morgan fingerprint density at radius 1 is 0.949 bits per heavy atom. The van der Waals surface area contributed by atoms with Crippen molar-refractivity contribution >= 4 is 11.6 Å². The number of anilines is 1. The molecule has 1 N–H and O–H groups in total. The van der Waals surface area contributed by atoms with E-state index in [2.05, 4.69) is 57.7 Å². The van der Waals surface area contributed by atoms with E-state index in [-0.39, 0.29) is 11.7 Å². The second-order valence-corrected chi connectivity index (χ2v) is 9.74. The summed E-state index contributed by atoms with van der Waals surface area (Å²) in [6.45, 7) is 4.27. The van der Waals surface area contributed by atoms with E-state index >= 15 is 0 Å². The number of ether oxygens (including phenoxy) is 1. The van der Waals surface area contributed by atoms with E-state index < -0.39 is 0 Å². The summed E-state index contributed by atoms with van der Waals surface area (Å²) in [4.78, 5) is 22.3. The van der Waals surface area contributed by atoms with E-state index in [1.165, 1.54) is 17.7 Å². The topological polar surface area (TPSA) is 57.7 Å². The molecule has 2 heterocycles. The molecule has 7 heteroatoms. The van der Waals surface area contributed by atoms with Gasteiger partial charge in [0.2, 0.25) is 5.88 Å². The number of pyridine rings is 1. The average Bonchev–Trinajstić information content (AvgIpc) is 3.01. The molecule has 0 spiro atoms. The molecular formula is C32H33FN4O2. The normalized spacial score (nSPS) is 14.6. The molecule has 0 fully saturated rings. The van der Waals surface area contributed by atoms with E-state index in [1.807, 2.05) is 23.1 Å². The molecule has 3 aromatic carbocycles. The van der Waals surface area contributed by atoms with Crippen molar-refractivity contribution in [3.8, 4) is 17.0 Å². The average molecular weight is 525 g/mol. The maximum Gasteiger partial charge on any atom is 0.254 e. The SMILES string of the molecule is COc1ccc(-c2ccc3c(c2)CN(C(=O)c2ccc(F)cc2)CCN(Cc2ccccc2)CCCN3)cn1. The molecule has 1 aliphatic rings. The van der Waals surface area contributed by atoms with Gasteiger partial charge in [0, 0.05) is 68.3 Å². The molecule has 0 bridgehead atoms. The van der Waals surface area contributed by atoms with Crippen molar-refractivity contribution in [2.45, 2.75) is 19.5 Å². The van der Waals surface area contributed by atoms with Crippen LogP contribution in [0.25, 0.3) is 11.1 Å². The van der Waals surface area contributed by atoms with Gasteiger partial charge in [-0.3, -0.25) is 9.69 Å². The first-order valence-corrected chi connectivity index (χ1v) is 13.3. The Morgan fingerprint density at radius 2 is 1.74 bits per heavy atom. The summed E-state index contributed by atoms with van der Waals surface area (Å²) in [7, 11) is 1.60. The van der Waals surface area contributed by atoms with E-state index in [0.717, 1.165) is 55.0 Å². The number of carbonyl (C=O) groups is 1. The summed E-state index contributed by atoms with van der Waals surface area (Å²) in [5.74, 6) is 0.0912. The van der Waals surface area contributed by atoms with Crippen molar-refractivity contribution in [1.29, 1.82) is 0 Å². The van der Waals surface area contributed by atoms with Gasteiger partial charge in [0.15, 0.2) is 0 Å². The van der Waals surface area contributed by atoms with Crippen molar-refractivity contribution in [3.63, 3.8) is 0 Å². The number of nitrogens with one attached hydrogen (secondary N) is 1. The molecule has 0 aliphatic carbocycles. The quantitative estimate of drug-likeness (QED) is 0.355. The molecule has 4 aromatic rings. The van der Waals surface area contributed by atoms with E-state index in [9.17, 15) is 9.18 Å². The second kappa shape index (κ2) is 12.5. The maximum absolute atomic E-state index is 13.7. The number of rotatable bonds is 5. The molecule has 0 saturated carbocycles. The van der Waals surface area contributed by atoms with E-state index in [1.54, 1.807) is 25.4 Å². The van der Waals surface area contributed by atoms with Crippen molar-refractivity contribution in [2.75, 3.05) is 38.6 Å². The van der Waals surface area contributed by atoms with E-state index in [0.29, 0.717) is 24.5 Å². The van der Waals surface area contributed by atoms with Gasteiger partial charge in [0.25, 0.3) is 5.91 Å². The number of nitrogens with zero attached hydrogens (tertiary/aromatic N) is 3. The number of amides is 1. The lowest BCUT2D eigenvalue weighted by Crippen LogP contribution is -2.38. The highest BCUT2D eigenvalue weighted by molar-refractivity contribution is 5.94. The van der Waals surface area contributed by atoms with Gasteiger partial charge in [-0.05, 0) is 65.6 Å². The summed E-state index contributed by atoms with van der Waals surface area (Å²) in [6.07, 6.45) is 2.77. The van der Waals surface area contributed by atoms with Gasteiger partial charge in [-0.15, -0.1) is 0 Å². The summed E-state index contributed by atoms with van der Waals surface area (Å²) < 4.78 is 18.8. The minimum Gasteiger partial charge on any atom is -0.481 e. The Morgan fingerprint density at radius 3 is 2.49 bits per heavy atom. The first-order valence-electron chi connectivity index (χ1n) is 13.3. The molecule has 39 heavy (non-hydrogen) atoms. The first kappa shape index (κ1) is 26.4. The molecule has 0 saturated heterocycles. The Balaban J connectivity index is 1.45. The van der Waals surface area contributed by atoms with Gasteiger partial charge < -0.3 is 15.0 Å². The highest BCUT2D eigenvalue weighted by Gasteiger charge is 2.21.